The van der Waals surface area contributed by atoms with Crippen LogP contribution in [-0.2, 0) is 4.79 Å². The Bertz CT molecular complexity index is 774. The van der Waals surface area contributed by atoms with Crippen molar-refractivity contribution in [1.29, 1.82) is 0 Å². The summed E-state index contributed by atoms with van der Waals surface area (Å²) in [6.07, 6.45) is 1.90. The van der Waals surface area contributed by atoms with E-state index in [1.807, 2.05) is 31.2 Å². The first-order valence-electron chi connectivity index (χ1n) is 9.58. The number of para-hydroxylation sites is 1. The van der Waals surface area contributed by atoms with E-state index in [9.17, 15) is 9.59 Å². The molecule has 0 saturated heterocycles. The van der Waals surface area contributed by atoms with E-state index in [1.165, 1.54) is 5.56 Å². The van der Waals surface area contributed by atoms with Crippen LogP contribution in [0.3, 0.4) is 0 Å². The summed E-state index contributed by atoms with van der Waals surface area (Å²) in [5, 5.41) is 0. The first kappa shape index (κ1) is 21.3. The Morgan fingerprint density at radius 2 is 1.68 bits per heavy atom. The minimum atomic E-state index is -0.452. The van der Waals surface area contributed by atoms with Gasteiger partial charge in [0, 0.05) is 0 Å². The number of hydrogen-bond acceptors (Lipinski definition) is 4. The van der Waals surface area contributed by atoms with Crippen LogP contribution in [0.4, 0.5) is 0 Å². The molecule has 0 aliphatic carbocycles. The third-order valence-electron chi connectivity index (χ3n) is 4.34. The predicted octanol–water partition coefficient (Wildman–Crippen LogP) is 3.83. The maximum atomic E-state index is 12.3. The molecule has 0 fully saturated rings. The average molecular weight is 384 g/mol. The summed E-state index contributed by atoms with van der Waals surface area (Å²) in [4.78, 5) is 24.2. The maximum absolute atomic E-state index is 12.3. The van der Waals surface area contributed by atoms with E-state index in [2.05, 4.69) is 24.7 Å². The Balaban J connectivity index is 1.82. The summed E-state index contributed by atoms with van der Waals surface area (Å²) in [7, 11) is 0. The van der Waals surface area contributed by atoms with Crippen LogP contribution in [0, 0.1) is 0 Å². The predicted molar refractivity (Wildman–Crippen MR) is 108 cm³/mol. The fraction of sp³-hybridized carbons (Fsp3) is 0.364. The van der Waals surface area contributed by atoms with Crippen LogP contribution in [0.1, 0.15) is 55.5 Å². The van der Waals surface area contributed by atoms with Crippen LogP contribution in [-0.4, -0.2) is 25.0 Å². The van der Waals surface area contributed by atoms with Crippen LogP contribution in [0.15, 0.2) is 48.5 Å². The molecule has 0 spiro atoms. The number of ether oxygens (including phenoxy) is 2. The van der Waals surface area contributed by atoms with Crippen molar-refractivity contribution in [2.24, 2.45) is 0 Å². The van der Waals surface area contributed by atoms with Crippen LogP contribution in [0.25, 0.3) is 0 Å². The zero-order valence-corrected chi connectivity index (χ0v) is 16.7. The van der Waals surface area contributed by atoms with Gasteiger partial charge < -0.3 is 9.47 Å². The summed E-state index contributed by atoms with van der Waals surface area (Å²) >= 11 is 0. The van der Waals surface area contributed by atoms with Crippen molar-refractivity contribution >= 4 is 11.8 Å². The van der Waals surface area contributed by atoms with Gasteiger partial charge in [0.1, 0.15) is 11.5 Å². The Morgan fingerprint density at radius 3 is 2.36 bits per heavy atom. The molecule has 6 nitrogen and oxygen atoms in total. The quantitative estimate of drug-likeness (QED) is 0.644. The van der Waals surface area contributed by atoms with Gasteiger partial charge in [-0.25, -0.2) is 0 Å². The fourth-order valence-corrected chi connectivity index (χ4v) is 2.50. The molecule has 0 aromatic heterocycles. The Hall–Kier alpha value is -3.02. The van der Waals surface area contributed by atoms with E-state index in [4.69, 9.17) is 9.47 Å². The Kier molecular flexibility index (Phi) is 8.34. The molecule has 2 N–H and O–H groups in total. The number of hydrogen-bond donors (Lipinski definition) is 2. The maximum Gasteiger partial charge on any atom is 0.276 e. The number of carbonyl (C=O) groups is 2. The number of carbonyl (C=O) groups excluding carboxylic acids is 2. The van der Waals surface area contributed by atoms with Crippen LogP contribution in [0.2, 0.25) is 0 Å². The molecule has 2 rings (SSSR count). The summed E-state index contributed by atoms with van der Waals surface area (Å²) in [6.45, 7) is 6.61. The number of hydrazine groups is 1. The minimum absolute atomic E-state index is 0.197. The lowest BCUT2D eigenvalue weighted by atomic mass is 9.99. The molecule has 0 heterocycles. The molecular formula is C22H28N2O4. The zero-order chi connectivity index (χ0) is 20.4. The van der Waals surface area contributed by atoms with E-state index in [0.29, 0.717) is 29.6 Å². The Labute approximate surface area is 166 Å². The molecule has 150 valence electrons. The molecular weight excluding hydrogens is 356 g/mol. The number of nitrogens with one attached hydrogen (secondary N) is 2. The lowest BCUT2D eigenvalue weighted by molar-refractivity contribution is -0.123. The average Bonchev–Trinajstić information content (AvgIpc) is 2.74. The molecule has 0 aliphatic rings. The standard InChI is InChI=1S/C22H28N2O4/c1-4-14-27-20-9-7-6-8-19(20)22(26)24-23-21(25)15-28-18-12-10-17(11-13-18)16(3)5-2/h6-13,16H,4-5,14-15H2,1-3H3,(H,23,25)(H,24,26). The highest BCUT2D eigenvalue weighted by Crippen LogP contribution is 2.21. The first-order chi connectivity index (χ1) is 13.5. The van der Waals surface area contributed by atoms with Gasteiger partial charge in [0.2, 0.25) is 0 Å². The number of rotatable bonds is 9. The first-order valence-corrected chi connectivity index (χ1v) is 9.58. The molecule has 2 aromatic carbocycles. The van der Waals surface area contributed by atoms with Crippen molar-refractivity contribution in [3.63, 3.8) is 0 Å². The van der Waals surface area contributed by atoms with Crippen molar-refractivity contribution in [2.75, 3.05) is 13.2 Å². The minimum Gasteiger partial charge on any atom is -0.493 e. The van der Waals surface area contributed by atoms with Gasteiger partial charge in [0.15, 0.2) is 6.61 Å². The van der Waals surface area contributed by atoms with Gasteiger partial charge in [-0.2, -0.15) is 0 Å². The second kappa shape index (κ2) is 11.0. The van der Waals surface area contributed by atoms with E-state index in [0.717, 1.165) is 12.8 Å². The lowest BCUT2D eigenvalue weighted by Gasteiger charge is -2.12. The van der Waals surface area contributed by atoms with Gasteiger partial charge >= 0.3 is 0 Å². The second-order valence-corrected chi connectivity index (χ2v) is 6.51. The van der Waals surface area contributed by atoms with Crippen molar-refractivity contribution in [3.8, 4) is 11.5 Å². The molecule has 2 aromatic rings. The van der Waals surface area contributed by atoms with E-state index < -0.39 is 11.8 Å². The molecule has 0 bridgehead atoms. The van der Waals surface area contributed by atoms with Crippen molar-refractivity contribution in [1.82, 2.24) is 10.9 Å². The summed E-state index contributed by atoms with van der Waals surface area (Å²) in [5.74, 6) is 0.668. The van der Waals surface area contributed by atoms with Gasteiger partial charge in [-0.1, -0.05) is 45.0 Å². The highest BCUT2D eigenvalue weighted by atomic mass is 16.5. The molecule has 0 radical (unpaired) electrons. The third-order valence-corrected chi connectivity index (χ3v) is 4.34. The van der Waals surface area contributed by atoms with Gasteiger partial charge in [0.05, 0.1) is 12.2 Å². The number of benzene rings is 2. The topological polar surface area (TPSA) is 76.7 Å². The monoisotopic (exact) mass is 384 g/mol. The van der Waals surface area contributed by atoms with Gasteiger partial charge in [-0.3, -0.25) is 20.4 Å². The summed E-state index contributed by atoms with van der Waals surface area (Å²) < 4.78 is 11.0. The summed E-state index contributed by atoms with van der Waals surface area (Å²) in [6, 6.07) is 14.6. The van der Waals surface area contributed by atoms with E-state index in [1.54, 1.807) is 24.3 Å². The van der Waals surface area contributed by atoms with Crippen molar-refractivity contribution in [3.05, 3.63) is 59.7 Å². The SMILES string of the molecule is CCCOc1ccccc1C(=O)NNC(=O)COc1ccc(C(C)CC)cc1. The molecule has 6 heteroatoms. The second-order valence-electron chi connectivity index (χ2n) is 6.51. The van der Waals surface area contributed by atoms with Gasteiger partial charge in [-0.15, -0.1) is 0 Å². The van der Waals surface area contributed by atoms with Crippen molar-refractivity contribution in [2.45, 2.75) is 39.5 Å². The smallest absolute Gasteiger partial charge is 0.276 e. The highest BCUT2D eigenvalue weighted by Gasteiger charge is 2.13. The molecule has 2 amide bonds. The normalized spacial score (nSPS) is 11.4. The third kappa shape index (κ3) is 6.30. The van der Waals surface area contributed by atoms with E-state index in [-0.39, 0.29) is 6.61 Å². The highest BCUT2D eigenvalue weighted by molar-refractivity contribution is 5.97. The number of amides is 2. The molecule has 0 saturated carbocycles. The van der Waals surface area contributed by atoms with Crippen LogP contribution in [0.5, 0.6) is 11.5 Å². The summed E-state index contributed by atoms with van der Waals surface area (Å²) in [5.41, 5.74) is 6.33. The van der Waals surface area contributed by atoms with Crippen molar-refractivity contribution < 1.29 is 19.1 Å². The Morgan fingerprint density at radius 1 is 0.964 bits per heavy atom. The molecule has 28 heavy (non-hydrogen) atoms. The van der Waals surface area contributed by atoms with Gasteiger partial charge in [0.25, 0.3) is 11.8 Å². The largest absolute Gasteiger partial charge is 0.493 e. The fourth-order valence-electron chi connectivity index (χ4n) is 2.50. The molecule has 1 unspecified atom stereocenters. The van der Waals surface area contributed by atoms with Gasteiger partial charge in [-0.05, 0) is 48.6 Å². The zero-order valence-electron chi connectivity index (χ0n) is 16.7. The molecule has 0 aliphatic heterocycles. The molecule has 1 atom stereocenters. The lowest BCUT2D eigenvalue weighted by Crippen LogP contribution is -2.43. The van der Waals surface area contributed by atoms with Crippen LogP contribution >= 0.6 is 0 Å². The van der Waals surface area contributed by atoms with E-state index >= 15 is 0 Å². The van der Waals surface area contributed by atoms with Crippen LogP contribution < -0.4 is 20.3 Å².